The molecule has 202 valence electrons. The molecule has 2 aromatic carbocycles. The Morgan fingerprint density at radius 3 is 2.42 bits per heavy atom. The number of hydrogen-bond acceptors (Lipinski definition) is 6. The minimum Gasteiger partial charge on any atom is -0.393 e. The van der Waals surface area contributed by atoms with Crippen molar-refractivity contribution in [2.75, 3.05) is 5.73 Å². The van der Waals surface area contributed by atoms with Crippen LogP contribution in [0.25, 0.3) is 33.5 Å². The number of anilines is 1. The molecule has 0 bridgehead atoms. The molecule has 3 aromatic heterocycles. The predicted octanol–water partition coefficient (Wildman–Crippen LogP) is 4.05. The molecule has 0 unspecified atom stereocenters. The zero-order valence-corrected chi connectivity index (χ0v) is 21.5. The van der Waals surface area contributed by atoms with Crippen LogP contribution in [0.3, 0.4) is 0 Å². The summed E-state index contributed by atoms with van der Waals surface area (Å²) in [7, 11) is 0. The number of primary amides is 1. The Morgan fingerprint density at radius 1 is 0.975 bits per heavy atom. The Bertz CT molecular complexity index is 1810. The van der Waals surface area contributed by atoms with E-state index in [1.54, 1.807) is 47.0 Å². The molecule has 0 spiro atoms. The van der Waals surface area contributed by atoms with E-state index < -0.39 is 17.3 Å². The smallest absolute Gasteiger partial charge is 0.268 e. The second kappa shape index (κ2) is 10.0. The van der Waals surface area contributed by atoms with Crippen molar-refractivity contribution >= 4 is 17.2 Å². The Kier molecular flexibility index (Phi) is 6.39. The first-order valence-electron chi connectivity index (χ1n) is 13.0. The first-order chi connectivity index (χ1) is 19.3. The number of fused-ring (bicyclic) bond motifs is 1. The molecule has 40 heavy (non-hydrogen) atoms. The number of aromatic nitrogens is 4. The van der Waals surface area contributed by atoms with Crippen LogP contribution in [0.2, 0.25) is 0 Å². The van der Waals surface area contributed by atoms with Crippen LogP contribution in [0, 0.1) is 5.82 Å². The summed E-state index contributed by atoms with van der Waals surface area (Å²) in [6, 6.07) is 16.8. The fourth-order valence-corrected chi connectivity index (χ4v) is 5.67. The van der Waals surface area contributed by atoms with Crippen LogP contribution < -0.4 is 17.0 Å². The molecule has 10 heteroatoms. The fourth-order valence-electron chi connectivity index (χ4n) is 5.67. The van der Waals surface area contributed by atoms with E-state index in [2.05, 4.69) is 10.1 Å². The van der Waals surface area contributed by atoms with Crippen molar-refractivity contribution in [2.45, 2.75) is 37.7 Å². The van der Waals surface area contributed by atoms with Crippen LogP contribution in [0.15, 0.2) is 78.0 Å². The maximum Gasteiger partial charge on any atom is 0.268 e. The van der Waals surface area contributed by atoms with Gasteiger partial charge in [0.15, 0.2) is 5.82 Å². The molecule has 5 aromatic rings. The van der Waals surface area contributed by atoms with Crippen LogP contribution in [0.1, 0.15) is 47.7 Å². The summed E-state index contributed by atoms with van der Waals surface area (Å²) in [6.07, 6.45) is 5.52. The number of amides is 1. The number of hydrogen-bond donors (Lipinski definition) is 3. The SMILES string of the molecule is NC(=O)c1c(-c2ccc(-c3cc(C4CCC(O)CC4)n4ncnc(N)c34)c(F)c2)ccn(-c2ccccc2)c1=O. The van der Waals surface area contributed by atoms with E-state index in [-0.39, 0.29) is 34.5 Å². The highest BCUT2D eigenvalue weighted by molar-refractivity contribution is 6.00. The zero-order valence-electron chi connectivity index (χ0n) is 21.5. The molecule has 3 heterocycles. The molecule has 0 radical (unpaired) electrons. The van der Waals surface area contributed by atoms with Gasteiger partial charge in [-0.25, -0.2) is 13.9 Å². The van der Waals surface area contributed by atoms with Gasteiger partial charge >= 0.3 is 0 Å². The Labute approximate surface area is 228 Å². The molecule has 5 N–H and O–H groups in total. The molecule has 1 aliphatic carbocycles. The molecule has 0 atom stereocenters. The summed E-state index contributed by atoms with van der Waals surface area (Å²) in [5.41, 5.74) is 14.4. The standard InChI is InChI=1S/C30H27FN6O3/c31-24-14-18(21-12-13-36(19-4-2-1-3-5-19)30(40)26(21)29(33)39)8-11-22(24)23-15-25(17-6-9-20(38)10-7-17)37-27(23)28(32)34-16-35-37/h1-5,8,11-17,20,38H,6-7,9-10H2,(H2,33,39)(H2,32,34,35). The lowest BCUT2D eigenvalue weighted by Crippen LogP contribution is -2.29. The summed E-state index contributed by atoms with van der Waals surface area (Å²) < 4.78 is 18.9. The number of halogens is 1. The molecule has 0 saturated heterocycles. The number of carbonyl (C=O) groups is 1. The van der Waals surface area contributed by atoms with Gasteiger partial charge in [0.2, 0.25) is 0 Å². The Hall–Kier alpha value is -4.83. The van der Waals surface area contributed by atoms with E-state index >= 15 is 4.39 Å². The van der Waals surface area contributed by atoms with E-state index in [0.717, 1.165) is 18.5 Å². The van der Waals surface area contributed by atoms with Gasteiger partial charge in [0.25, 0.3) is 11.5 Å². The van der Waals surface area contributed by atoms with Crippen molar-refractivity contribution in [1.82, 2.24) is 19.2 Å². The second-order valence-corrected chi connectivity index (χ2v) is 10.1. The summed E-state index contributed by atoms with van der Waals surface area (Å²) in [5, 5.41) is 14.4. The van der Waals surface area contributed by atoms with Crippen molar-refractivity contribution in [3.63, 3.8) is 0 Å². The number of nitrogen functional groups attached to an aromatic ring is 1. The van der Waals surface area contributed by atoms with E-state index in [4.69, 9.17) is 11.5 Å². The number of para-hydroxylation sites is 1. The van der Waals surface area contributed by atoms with Gasteiger partial charge in [0, 0.05) is 40.2 Å². The maximum atomic E-state index is 15.8. The molecule has 1 amide bonds. The van der Waals surface area contributed by atoms with Gasteiger partial charge in [-0.1, -0.05) is 30.3 Å². The Morgan fingerprint density at radius 2 is 1.73 bits per heavy atom. The number of carbonyl (C=O) groups excluding carboxylic acids is 1. The molecular weight excluding hydrogens is 511 g/mol. The third-order valence-electron chi connectivity index (χ3n) is 7.67. The highest BCUT2D eigenvalue weighted by Gasteiger charge is 2.27. The summed E-state index contributed by atoms with van der Waals surface area (Å²) in [6.45, 7) is 0. The van der Waals surface area contributed by atoms with Crippen molar-refractivity contribution in [1.29, 1.82) is 0 Å². The average molecular weight is 539 g/mol. The average Bonchev–Trinajstić information content (AvgIpc) is 3.34. The Balaban J connectivity index is 1.45. The topological polar surface area (TPSA) is 142 Å². The van der Waals surface area contributed by atoms with E-state index in [1.807, 2.05) is 12.1 Å². The van der Waals surface area contributed by atoms with Crippen LogP contribution in [-0.4, -0.2) is 36.3 Å². The van der Waals surface area contributed by atoms with Crippen LogP contribution in [-0.2, 0) is 0 Å². The minimum absolute atomic E-state index is 0.135. The fraction of sp³-hybridized carbons (Fsp3) is 0.200. The summed E-state index contributed by atoms with van der Waals surface area (Å²) >= 11 is 0. The number of nitrogens with zero attached hydrogens (tertiary/aromatic N) is 4. The van der Waals surface area contributed by atoms with Gasteiger partial charge < -0.3 is 16.6 Å². The maximum absolute atomic E-state index is 15.8. The lowest BCUT2D eigenvalue weighted by molar-refractivity contribution is 0.0999. The monoisotopic (exact) mass is 538 g/mol. The zero-order chi connectivity index (χ0) is 28.0. The van der Waals surface area contributed by atoms with Crippen LogP contribution >= 0.6 is 0 Å². The van der Waals surface area contributed by atoms with Crippen molar-refractivity contribution in [3.8, 4) is 27.9 Å². The van der Waals surface area contributed by atoms with Gasteiger partial charge in [-0.2, -0.15) is 5.10 Å². The lowest BCUT2D eigenvalue weighted by atomic mass is 9.85. The lowest BCUT2D eigenvalue weighted by Gasteiger charge is -2.24. The van der Waals surface area contributed by atoms with Gasteiger partial charge in [0.05, 0.1) is 6.10 Å². The molecule has 6 rings (SSSR count). The number of nitrogens with two attached hydrogens (primary N) is 2. The number of rotatable bonds is 5. The predicted molar refractivity (Wildman–Crippen MR) is 150 cm³/mol. The molecule has 1 fully saturated rings. The third-order valence-corrected chi connectivity index (χ3v) is 7.67. The third kappa shape index (κ3) is 4.32. The minimum atomic E-state index is -0.902. The molecule has 1 saturated carbocycles. The van der Waals surface area contributed by atoms with Crippen LogP contribution in [0.4, 0.5) is 10.2 Å². The molecule has 0 aliphatic heterocycles. The van der Waals surface area contributed by atoms with Crippen LogP contribution in [0.5, 0.6) is 0 Å². The van der Waals surface area contributed by atoms with Gasteiger partial charge in [0.1, 0.15) is 23.2 Å². The van der Waals surface area contributed by atoms with E-state index in [1.165, 1.54) is 23.2 Å². The molecular formula is C30H27FN6O3. The highest BCUT2D eigenvalue weighted by Crippen LogP contribution is 2.40. The van der Waals surface area contributed by atoms with Gasteiger partial charge in [-0.15, -0.1) is 0 Å². The second-order valence-electron chi connectivity index (χ2n) is 10.1. The largest absolute Gasteiger partial charge is 0.393 e. The number of pyridine rings is 1. The van der Waals surface area contributed by atoms with Gasteiger partial charge in [-0.3, -0.25) is 14.2 Å². The van der Waals surface area contributed by atoms with Crippen molar-refractivity contribution in [2.24, 2.45) is 5.73 Å². The quantitative estimate of drug-likeness (QED) is 0.308. The summed E-state index contributed by atoms with van der Waals surface area (Å²) in [4.78, 5) is 29.8. The highest BCUT2D eigenvalue weighted by atomic mass is 19.1. The number of aliphatic hydroxyl groups excluding tert-OH is 1. The summed E-state index contributed by atoms with van der Waals surface area (Å²) in [5.74, 6) is -1.12. The molecule has 1 aliphatic rings. The van der Waals surface area contributed by atoms with Crippen molar-refractivity contribution < 1.29 is 14.3 Å². The first kappa shape index (κ1) is 25.4. The van der Waals surface area contributed by atoms with Crippen molar-refractivity contribution in [3.05, 3.63) is 101 Å². The normalized spacial score (nSPS) is 17.2. The van der Waals surface area contributed by atoms with Gasteiger partial charge in [-0.05, 0) is 61.6 Å². The van der Waals surface area contributed by atoms with E-state index in [0.29, 0.717) is 35.2 Å². The molecule has 9 nitrogen and oxygen atoms in total. The number of benzene rings is 2. The number of aliphatic hydroxyl groups is 1. The first-order valence-corrected chi connectivity index (χ1v) is 13.0. The van der Waals surface area contributed by atoms with E-state index in [9.17, 15) is 14.7 Å².